The molecule has 0 radical (unpaired) electrons. The van der Waals surface area contributed by atoms with Crippen molar-refractivity contribution in [2.75, 3.05) is 7.11 Å². The van der Waals surface area contributed by atoms with Crippen LogP contribution in [0.5, 0.6) is 5.75 Å². The van der Waals surface area contributed by atoms with Gasteiger partial charge in [-0.25, -0.2) is 4.98 Å². The van der Waals surface area contributed by atoms with E-state index in [0.29, 0.717) is 5.75 Å². The van der Waals surface area contributed by atoms with Crippen LogP contribution in [0, 0.1) is 6.92 Å². The van der Waals surface area contributed by atoms with Gasteiger partial charge in [-0.1, -0.05) is 41.6 Å². The van der Waals surface area contributed by atoms with Crippen molar-refractivity contribution >= 4 is 23.1 Å². The Balaban J connectivity index is 1.48. The number of benzene rings is 2. The third-order valence-corrected chi connectivity index (χ3v) is 5.83. The highest BCUT2D eigenvalue weighted by Gasteiger charge is 2.11. The van der Waals surface area contributed by atoms with Crippen molar-refractivity contribution in [1.82, 2.24) is 25.2 Å². The van der Waals surface area contributed by atoms with E-state index in [1.807, 2.05) is 48.5 Å². The van der Waals surface area contributed by atoms with Crippen molar-refractivity contribution in [1.29, 1.82) is 0 Å². The number of ether oxygens (including phenoxy) is 1. The Morgan fingerprint density at radius 2 is 2.00 bits per heavy atom. The molecule has 2 heterocycles. The lowest BCUT2D eigenvalue weighted by Crippen LogP contribution is -1.99. The molecule has 4 aromatic rings. The second-order valence-corrected chi connectivity index (χ2v) is 7.67. The van der Waals surface area contributed by atoms with E-state index in [1.165, 1.54) is 5.56 Å². The Morgan fingerprint density at radius 1 is 1.15 bits per heavy atom. The van der Waals surface area contributed by atoms with E-state index in [4.69, 9.17) is 9.72 Å². The second-order valence-electron chi connectivity index (χ2n) is 5.87. The van der Waals surface area contributed by atoms with Crippen molar-refractivity contribution in [3.8, 4) is 22.0 Å². The van der Waals surface area contributed by atoms with Gasteiger partial charge in [0.05, 0.1) is 18.5 Å². The average Bonchev–Trinajstić information content (AvgIpc) is 3.36. The lowest BCUT2D eigenvalue weighted by Gasteiger charge is -2.04. The van der Waals surface area contributed by atoms with E-state index in [0.717, 1.165) is 32.9 Å². The number of thioether (sulfide) groups is 1. The maximum Gasteiger partial charge on any atom is 0.214 e. The number of aromatic nitrogens is 5. The Hall–Kier alpha value is -2.71. The zero-order valence-corrected chi connectivity index (χ0v) is 16.5. The van der Waals surface area contributed by atoms with Crippen molar-refractivity contribution in [2.24, 2.45) is 0 Å². The molecular formula is C19H17N5OS2. The largest absolute Gasteiger partial charge is 0.497 e. The first kappa shape index (κ1) is 17.7. The van der Waals surface area contributed by atoms with Crippen LogP contribution in [0.1, 0.15) is 11.3 Å². The highest BCUT2D eigenvalue weighted by atomic mass is 32.2. The zero-order chi connectivity index (χ0) is 18.6. The van der Waals surface area contributed by atoms with Crippen LogP contribution in [0.25, 0.3) is 16.3 Å². The number of thiazole rings is 1. The number of hydrogen-bond donors (Lipinski definition) is 0. The van der Waals surface area contributed by atoms with Crippen LogP contribution in [0.2, 0.25) is 0 Å². The van der Waals surface area contributed by atoms with E-state index in [9.17, 15) is 0 Å². The highest BCUT2D eigenvalue weighted by Crippen LogP contribution is 2.29. The average molecular weight is 396 g/mol. The summed E-state index contributed by atoms with van der Waals surface area (Å²) in [6.07, 6.45) is 0. The van der Waals surface area contributed by atoms with Gasteiger partial charge >= 0.3 is 0 Å². The summed E-state index contributed by atoms with van der Waals surface area (Å²) in [5.74, 6) is 1.53. The van der Waals surface area contributed by atoms with Crippen LogP contribution >= 0.6 is 23.1 Å². The van der Waals surface area contributed by atoms with Gasteiger partial charge in [0.25, 0.3) is 0 Å². The fraction of sp³-hybridized carbons (Fsp3) is 0.158. The van der Waals surface area contributed by atoms with Crippen molar-refractivity contribution < 1.29 is 4.74 Å². The summed E-state index contributed by atoms with van der Waals surface area (Å²) < 4.78 is 7.04. The van der Waals surface area contributed by atoms with Crippen LogP contribution in [0.4, 0.5) is 0 Å². The third kappa shape index (κ3) is 4.01. The van der Waals surface area contributed by atoms with Gasteiger partial charge in [0.2, 0.25) is 5.16 Å². The Bertz CT molecular complexity index is 1040. The van der Waals surface area contributed by atoms with Gasteiger partial charge in [0.1, 0.15) is 10.8 Å². The quantitative estimate of drug-likeness (QED) is 0.451. The summed E-state index contributed by atoms with van der Waals surface area (Å²) in [4.78, 5) is 4.73. The van der Waals surface area contributed by atoms with Crippen LogP contribution in [0.3, 0.4) is 0 Å². The summed E-state index contributed by atoms with van der Waals surface area (Å²) in [5.41, 5.74) is 4.21. The van der Waals surface area contributed by atoms with Crippen LogP contribution < -0.4 is 4.74 Å². The molecule has 0 amide bonds. The number of methoxy groups -OCH3 is 1. The van der Waals surface area contributed by atoms with Gasteiger partial charge in [-0.05, 0) is 41.6 Å². The fourth-order valence-corrected chi connectivity index (χ4v) is 4.22. The monoisotopic (exact) mass is 395 g/mol. The Morgan fingerprint density at radius 3 is 2.81 bits per heavy atom. The molecule has 0 fully saturated rings. The molecule has 0 spiro atoms. The topological polar surface area (TPSA) is 65.7 Å². The first-order chi connectivity index (χ1) is 13.2. The molecule has 8 heteroatoms. The van der Waals surface area contributed by atoms with Crippen molar-refractivity contribution in [3.63, 3.8) is 0 Å². The fourth-order valence-electron chi connectivity index (χ4n) is 2.52. The molecule has 0 bridgehead atoms. The molecule has 0 saturated carbocycles. The second kappa shape index (κ2) is 7.89. The van der Waals surface area contributed by atoms with E-state index in [2.05, 4.69) is 27.8 Å². The van der Waals surface area contributed by atoms with Crippen molar-refractivity contribution in [2.45, 2.75) is 17.8 Å². The Labute approximate surface area is 165 Å². The number of rotatable bonds is 6. The van der Waals surface area contributed by atoms with Gasteiger partial charge in [-0.15, -0.1) is 16.4 Å². The minimum absolute atomic E-state index is 0.701. The molecule has 0 saturated heterocycles. The van der Waals surface area contributed by atoms with Crippen LogP contribution in [-0.2, 0) is 5.75 Å². The molecule has 6 nitrogen and oxygen atoms in total. The first-order valence-electron chi connectivity index (χ1n) is 8.30. The normalized spacial score (nSPS) is 10.9. The molecule has 0 aliphatic carbocycles. The van der Waals surface area contributed by atoms with Gasteiger partial charge in [0.15, 0.2) is 0 Å². The summed E-state index contributed by atoms with van der Waals surface area (Å²) >= 11 is 3.19. The van der Waals surface area contributed by atoms with E-state index < -0.39 is 0 Å². The molecule has 0 atom stereocenters. The number of tetrazole rings is 1. The number of nitrogens with zero attached hydrogens (tertiary/aromatic N) is 5. The summed E-state index contributed by atoms with van der Waals surface area (Å²) in [5, 5.41) is 15.9. The maximum absolute atomic E-state index is 5.29. The summed E-state index contributed by atoms with van der Waals surface area (Å²) in [7, 11) is 1.67. The standard InChI is InChI=1S/C19H17N5OS2/c1-13-6-8-16(9-7-13)24-19(21-22-23-24)27-12-15-11-26-18(20-15)14-4-3-5-17(10-14)25-2/h3-11H,12H2,1-2H3. The molecular weight excluding hydrogens is 378 g/mol. The smallest absolute Gasteiger partial charge is 0.214 e. The SMILES string of the molecule is COc1cccc(-c2nc(CSc3nnnn3-c3ccc(C)cc3)cs2)c1. The first-order valence-corrected chi connectivity index (χ1v) is 10.2. The Kier molecular flexibility index (Phi) is 5.17. The van der Waals surface area contributed by atoms with Gasteiger partial charge < -0.3 is 4.74 Å². The predicted molar refractivity (Wildman–Crippen MR) is 108 cm³/mol. The lowest BCUT2D eigenvalue weighted by molar-refractivity contribution is 0.415. The number of aryl methyl sites for hydroxylation is 1. The van der Waals surface area contributed by atoms with Gasteiger partial charge in [0, 0.05) is 16.7 Å². The van der Waals surface area contributed by atoms with E-state index >= 15 is 0 Å². The molecule has 27 heavy (non-hydrogen) atoms. The molecule has 2 aromatic carbocycles. The van der Waals surface area contributed by atoms with Gasteiger partial charge in [-0.3, -0.25) is 0 Å². The maximum atomic E-state index is 5.29. The lowest BCUT2D eigenvalue weighted by atomic mass is 10.2. The molecule has 0 aliphatic rings. The molecule has 0 unspecified atom stereocenters. The minimum Gasteiger partial charge on any atom is -0.497 e. The molecule has 0 aliphatic heterocycles. The van der Waals surface area contributed by atoms with E-state index in [1.54, 1.807) is 34.9 Å². The van der Waals surface area contributed by atoms with Gasteiger partial charge in [-0.2, -0.15) is 4.68 Å². The molecule has 4 rings (SSSR count). The molecule has 2 aromatic heterocycles. The summed E-state index contributed by atoms with van der Waals surface area (Å²) in [6, 6.07) is 16.1. The predicted octanol–water partition coefficient (Wildman–Crippen LogP) is 4.40. The highest BCUT2D eigenvalue weighted by molar-refractivity contribution is 7.98. The third-order valence-electron chi connectivity index (χ3n) is 3.94. The minimum atomic E-state index is 0.701. The molecule has 0 N–H and O–H groups in total. The van der Waals surface area contributed by atoms with Crippen LogP contribution in [-0.4, -0.2) is 32.3 Å². The van der Waals surface area contributed by atoms with Crippen LogP contribution in [0.15, 0.2) is 59.1 Å². The molecule has 136 valence electrons. The van der Waals surface area contributed by atoms with Crippen molar-refractivity contribution in [3.05, 3.63) is 65.2 Å². The zero-order valence-electron chi connectivity index (χ0n) is 14.9. The summed E-state index contributed by atoms with van der Waals surface area (Å²) in [6.45, 7) is 2.06. The van der Waals surface area contributed by atoms with E-state index in [-0.39, 0.29) is 0 Å². The number of hydrogen-bond acceptors (Lipinski definition) is 7.